The molecule has 2 aromatic rings. The first-order valence-electron chi connectivity index (χ1n) is 6.28. The molecule has 0 N–H and O–H groups in total. The summed E-state index contributed by atoms with van der Waals surface area (Å²) in [5, 5.41) is 0.328. The molecular weight excluding hydrogens is 281 g/mol. The van der Waals surface area contributed by atoms with Crippen molar-refractivity contribution in [3.63, 3.8) is 0 Å². The van der Waals surface area contributed by atoms with Crippen LogP contribution < -0.4 is 0 Å². The first-order valence-corrected chi connectivity index (χ1v) is 6.65. The highest BCUT2D eigenvalue weighted by molar-refractivity contribution is 6.30. The van der Waals surface area contributed by atoms with E-state index >= 15 is 0 Å². The van der Waals surface area contributed by atoms with Crippen molar-refractivity contribution in [2.24, 2.45) is 0 Å². The second kappa shape index (κ2) is 4.90. The van der Waals surface area contributed by atoms with Crippen LogP contribution >= 0.6 is 11.6 Å². The molecule has 1 unspecified atom stereocenters. The summed E-state index contributed by atoms with van der Waals surface area (Å²) >= 11 is 5.89. The molecule has 0 spiro atoms. The minimum Gasteiger partial charge on any atom is -0.344 e. The van der Waals surface area contributed by atoms with E-state index in [2.05, 4.69) is 4.98 Å². The molecule has 1 aliphatic heterocycles. The van der Waals surface area contributed by atoms with Crippen LogP contribution in [0.15, 0.2) is 30.6 Å². The lowest BCUT2D eigenvalue weighted by Gasteiger charge is -2.15. The Bertz CT molecular complexity index is 650. The number of halogens is 2. The molecule has 3 rings (SSSR count). The Labute approximate surface area is 120 Å². The summed E-state index contributed by atoms with van der Waals surface area (Å²) in [6.07, 6.45) is 3.89. The van der Waals surface area contributed by atoms with Crippen LogP contribution in [0, 0.1) is 5.82 Å². The number of benzene rings is 1. The minimum atomic E-state index is -0.401. The van der Waals surface area contributed by atoms with Crippen LogP contribution in [0.3, 0.4) is 0 Å². The second-order valence-corrected chi connectivity index (χ2v) is 5.38. The Morgan fingerprint density at radius 3 is 2.85 bits per heavy atom. The Hall–Kier alpha value is -1.88. The van der Waals surface area contributed by atoms with Crippen molar-refractivity contribution in [1.29, 1.82) is 0 Å². The summed E-state index contributed by atoms with van der Waals surface area (Å²) < 4.78 is 15.4. The van der Waals surface area contributed by atoms with Crippen molar-refractivity contribution in [2.45, 2.75) is 12.5 Å². The molecule has 1 saturated heterocycles. The van der Waals surface area contributed by atoms with Crippen LogP contribution in [0.4, 0.5) is 4.39 Å². The van der Waals surface area contributed by atoms with Crippen LogP contribution in [0.1, 0.15) is 12.5 Å². The molecular formula is C14H13ClFN3O. The highest BCUT2D eigenvalue weighted by Crippen LogP contribution is 2.29. The third-order valence-corrected chi connectivity index (χ3v) is 3.72. The van der Waals surface area contributed by atoms with Gasteiger partial charge in [0.15, 0.2) is 0 Å². The number of aromatic nitrogens is 2. The van der Waals surface area contributed by atoms with Crippen molar-refractivity contribution >= 4 is 17.5 Å². The van der Waals surface area contributed by atoms with Crippen molar-refractivity contribution in [1.82, 2.24) is 14.5 Å². The van der Waals surface area contributed by atoms with Gasteiger partial charge in [0.2, 0.25) is 5.91 Å². The van der Waals surface area contributed by atoms with Gasteiger partial charge in [0, 0.05) is 43.0 Å². The van der Waals surface area contributed by atoms with Crippen molar-refractivity contribution in [3.05, 3.63) is 41.4 Å². The minimum absolute atomic E-state index is 0.0204. The maximum atomic E-state index is 13.5. The maximum absolute atomic E-state index is 13.5. The smallest absolute Gasteiger partial charge is 0.224 e. The predicted octanol–water partition coefficient (Wildman–Crippen LogP) is 2.75. The zero-order valence-corrected chi connectivity index (χ0v) is 11.6. The molecule has 0 saturated carbocycles. The van der Waals surface area contributed by atoms with Gasteiger partial charge in [-0.1, -0.05) is 11.6 Å². The van der Waals surface area contributed by atoms with Gasteiger partial charge in [0.05, 0.1) is 6.04 Å². The van der Waals surface area contributed by atoms with E-state index in [4.69, 9.17) is 11.6 Å². The number of nitrogens with zero attached hydrogens (tertiary/aromatic N) is 3. The fraction of sp³-hybridized carbons (Fsp3) is 0.286. The zero-order chi connectivity index (χ0) is 14.3. The van der Waals surface area contributed by atoms with Crippen LogP contribution in [-0.4, -0.2) is 34.0 Å². The highest BCUT2D eigenvalue weighted by atomic mass is 35.5. The Balaban J connectivity index is 2.00. The van der Waals surface area contributed by atoms with Gasteiger partial charge in [0.25, 0.3) is 0 Å². The first-order chi connectivity index (χ1) is 9.54. The molecule has 1 amide bonds. The number of hydrogen-bond acceptors (Lipinski definition) is 2. The van der Waals surface area contributed by atoms with E-state index in [9.17, 15) is 9.18 Å². The van der Waals surface area contributed by atoms with Crippen molar-refractivity contribution in [3.8, 4) is 11.4 Å². The molecule has 6 heteroatoms. The molecule has 104 valence electrons. The highest BCUT2D eigenvalue weighted by Gasteiger charge is 2.29. The average Bonchev–Trinajstić information content (AvgIpc) is 2.96. The third kappa shape index (κ3) is 2.29. The summed E-state index contributed by atoms with van der Waals surface area (Å²) in [5.41, 5.74) is 0.613. The van der Waals surface area contributed by atoms with Crippen molar-refractivity contribution < 1.29 is 9.18 Å². The standard InChI is InChI=1S/C14H13ClFN3O/c1-18-8-12(7-13(18)20)19-3-2-17-14(19)9-4-10(15)6-11(16)5-9/h2-6,12H,7-8H2,1H3. The fourth-order valence-corrected chi connectivity index (χ4v) is 2.76. The lowest BCUT2D eigenvalue weighted by molar-refractivity contribution is -0.126. The van der Waals surface area contributed by atoms with E-state index in [1.54, 1.807) is 24.2 Å². The lowest BCUT2D eigenvalue weighted by atomic mass is 10.2. The zero-order valence-electron chi connectivity index (χ0n) is 10.9. The summed E-state index contributed by atoms with van der Waals surface area (Å²) in [5.74, 6) is 0.327. The summed E-state index contributed by atoms with van der Waals surface area (Å²) in [4.78, 5) is 17.6. The average molecular weight is 294 g/mol. The molecule has 1 atom stereocenters. The maximum Gasteiger partial charge on any atom is 0.224 e. The Morgan fingerprint density at radius 2 is 2.20 bits per heavy atom. The van der Waals surface area contributed by atoms with E-state index in [-0.39, 0.29) is 11.9 Å². The second-order valence-electron chi connectivity index (χ2n) is 4.95. The van der Waals surface area contributed by atoms with E-state index < -0.39 is 5.82 Å². The monoisotopic (exact) mass is 293 g/mol. The summed E-state index contributed by atoms with van der Waals surface area (Å²) in [6.45, 7) is 0.630. The van der Waals surface area contributed by atoms with Crippen LogP contribution in [0.2, 0.25) is 5.02 Å². The van der Waals surface area contributed by atoms with Gasteiger partial charge in [0.1, 0.15) is 11.6 Å². The van der Waals surface area contributed by atoms with Gasteiger partial charge in [-0.25, -0.2) is 9.37 Å². The number of carbonyl (C=O) groups is 1. The largest absolute Gasteiger partial charge is 0.344 e. The topological polar surface area (TPSA) is 38.1 Å². The quantitative estimate of drug-likeness (QED) is 0.854. The molecule has 2 heterocycles. The fourth-order valence-electron chi connectivity index (χ4n) is 2.54. The molecule has 0 radical (unpaired) electrons. The number of likely N-dealkylation sites (tertiary alicyclic amines) is 1. The van der Waals surface area contributed by atoms with E-state index in [0.29, 0.717) is 29.4 Å². The van der Waals surface area contributed by atoms with Gasteiger partial charge in [-0.2, -0.15) is 0 Å². The molecule has 0 aliphatic carbocycles. The normalized spacial score (nSPS) is 18.9. The van der Waals surface area contributed by atoms with E-state index in [1.165, 1.54) is 12.1 Å². The van der Waals surface area contributed by atoms with E-state index in [1.807, 2.05) is 10.8 Å². The lowest BCUT2D eigenvalue weighted by Crippen LogP contribution is -2.19. The van der Waals surface area contributed by atoms with Gasteiger partial charge in [-0.3, -0.25) is 4.79 Å². The van der Waals surface area contributed by atoms with Crippen LogP contribution in [-0.2, 0) is 4.79 Å². The molecule has 0 bridgehead atoms. The predicted molar refractivity (Wildman–Crippen MR) is 73.9 cm³/mol. The van der Waals surface area contributed by atoms with Crippen molar-refractivity contribution in [2.75, 3.05) is 13.6 Å². The van der Waals surface area contributed by atoms with E-state index in [0.717, 1.165) is 0 Å². The first kappa shape index (κ1) is 13.1. The number of rotatable bonds is 2. The summed E-state index contributed by atoms with van der Waals surface area (Å²) in [7, 11) is 1.78. The molecule has 4 nitrogen and oxygen atoms in total. The molecule has 20 heavy (non-hydrogen) atoms. The summed E-state index contributed by atoms with van der Waals surface area (Å²) in [6, 6.07) is 4.34. The number of imidazole rings is 1. The van der Waals surface area contributed by atoms with Gasteiger partial charge < -0.3 is 9.47 Å². The number of hydrogen-bond donors (Lipinski definition) is 0. The molecule has 1 fully saturated rings. The molecule has 1 aliphatic rings. The van der Waals surface area contributed by atoms with Gasteiger partial charge >= 0.3 is 0 Å². The number of carbonyl (C=O) groups excluding carboxylic acids is 1. The van der Waals surface area contributed by atoms with Crippen LogP contribution in [0.5, 0.6) is 0 Å². The van der Waals surface area contributed by atoms with Crippen LogP contribution in [0.25, 0.3) is 11.4 Å². The third-order valence-electron chi connectivity index (χ3n) is 3.50. The SMILES string of the molecule is CN1CC(n2ccnc2-c2cc(F)cc(Cl)c2)CC1=O. The molecule has 1 aromatic heterocycles. The Kier molecular flexibility index (Phi) is 3.22. The van der Waals surface area contributed by atoms with Gasteiger partial charge in [-0.15, -0.1) is 0 Å². The van der Waals surface area contributed by atoms with Gasteiger partial charge in [-0.05, 0) is 18.2 Å². The number of likely N-dealkylation sites (N-methyl/N-ethyl adjacent to an activating group) is 1. The number of amides is 1. The molecule has 1 aromatic carbocycles. The Morgan fingerprint density at radius 1 is 1.40 bits per heavy atom.